The van der Waals surface area contributed by atoms with Gasteiger partial charge in [0.15, 0.2) is 17.4 Å². The van der Waals surface area contributed by atoms with Crippen molar-refractivity contribution in [2.45, 2.75) is 38.4 Å². The van der Waals surface area contributed by atoms with Gasteiger partial charge in [-0.05, 0) is 19.9 Å². The molecule has 1 fully saturated rings. The van der Waals surface area contributed by atoms with Crippen molar-refractivity contribution in [3.05, 3.63) is 44.2 Å². The van der Waals surface area contributed by atoms with Gasteiger partial charge >= 0.3 is 0 Å². The molecule has 16 heteroatoms. The van der Waals surface area contributed by atoms with Gasteiger partial charge in [-0.15, -0.1) is 0 Å². The number of fused-ring (bicyclic) bond motifs is 1. The van der Waals surface area contributed by atoms with E-state index in [1.165, 1.54) is 16.8 Å². The molecule has 0 radical (unpaired) electrons. The maximum atomic E-state index is 12.4. The Morgan fingerprint density at radius 3 is 2.68 bits per heavy atom. The molecule has 198 valence electrons. The van der Waals surface area contributed by atoms with Gasteiger partial charge in [0.1, 0.15) is 24.0 Å². The number of rotatable bonds is 9. The highest BCUT2D eigenvalue weighted by atomic mass is 16.6. The summed E-state index contributed by atoms with van der Waals surface area (Å²) in [7, 11) is 0. The topological polar surface area (TPSA) is 230 Å². The van der Waals surface area contributed by atoms with Crippen molar-refractivity contribution in [2.24, 2.45) is 5.10 Å². The van der Waals surface area contributed by atoms with E-state index < -0.39 is 41.6 Å². The van der Waals surface area contributed by atoms with Crippen molar-refractivity contribution in [3.63, 3.8) is 0 Å². The van der Waals surface area contributed by atoms with E-state index in [0.29, 0.717) is 24.3 Å². The van der Waals surface area contributed by atoms with Gasteiger partial charge in [0, 0.05) is 24.7 Å². The molecule has 0 amide bonds. The Morgan fingerprint density at radius 2 is 2.05 bits per heavy atom. The van der Waals surface area contributed by atoms with Crippen LogP contribution in [0.15, 0.2) is 28.1 Å². The van der Waals surface area contributed by atoms with Crippen LogP contribution >= 0.6 is 0 Å². The number of aliphatic hydroxyl groups is 3. The van der Waals surface area contributed by atoms with Crippen molar-refractivity contribution < 1.29 is 25.0 Å². The molecule has 0 bridgehead atoms. The van der Waals surface area contributed by atoms with E-state index in [9.17, 15) is 30.2 Å². The Balaban J connectivity index is 1.71. The van der Waals surface area contributed by atoms with Crippen LogP contribution in [0, 0.1) is 10.1 Å². The lowest BCUT2D eigenvalue weighted by atomic mass is 10.1. The summed E-state index contributed by atoms with van der Waals surface area (Å²) in [5.41, 5.74) is 8.23. The lowest BCUT2D eigenvalue weighted by molar-refractivity contribution is -0.384. The number of nitrogen functional groups attached to an aromatic ring is 1. The third-order valence-electron chi connectivity index (χ3n) is 6.02. The van der Waals surface area contributed by atoms with Crippen molar-refractivity contribution in [1.82, 2.24) is 19.5 Å². The summed E-state index contributed by atoms with van der Waals surface area (Å²) in [6.07, 6.45) is -4.01. The van der Waals surface area contributed by atoms with E-state index >= 15 is 0 Å². The second-order valence-corrected chi connectivity index (χ2v) is 8.21. The predicted molar refractivity (Wildman–Crippen MR) is 133 cm³/mol. The smallest absolute Gasteiger partial charge is 0.293 e. The summed E-state index contributed by atoms with van der Waals surface area (Å²) >= 11 is 0. The first-order valence-corrected chi connectivity index (χ1v) is 11.4. The van der Waals surface area contributed by atoms with Crippen molar-refractivity contribution >= 4 is 40.6 Å². The number of nitro benzene ring substituents is 1. The first-order chi connectivity index (χ1) is 17.7. The Labute approximate surface area is 209 Å². The fraction of sp³-hybridized carbons (Fsp3) is 0.429. The molecule has 7 N–H and O–H groups in total. The molecule has 4 unspecified atom stereocenters. The zero-order chi connectivity index (χ0) is 26.9. The molecule has 0 spiro atoms. The molecule has 1 saturated heterocycles. The van der Waals surface area contributed by atoms with E-state index in [1.54, 1.807) is 12.1 Å². The molecular weight excluding hydrogens is 490 g/mol. The fourth-order valence-corrected chi connectivity index (χ4v) is 4.18. The van der Waals surface area contributed by atoms with Gasteiger partial charge in [0.25, 0.3) is 11.2 Å². The molecule has 4 rings (SSSR count). The zero-order valence-corrected chi connectivity index (χ0v) is 20.0. The number of benzene rings is 1. The van der Waals surface area contributed by atoms with Gasteiger partial charge in [-0.1, -0.05) is 6.07 Å². The number of nitrogens with zero attached hydrogens (tertiary/aromatic N) is 6. The molecule has 0 saturated carbocycles. The molecule has 2 aromatic heterocycles. The first-order valence-electron chi connectivity index (χ1n) is 11.4. The Bertz CT molecular complexity index is 1380. The summed E-state index contributed by atoms with van der Waals surface area (Å²) in [5.74, 6) is -0.319. The van der Waals surface area contributed by atoms with Gasteiger partial charge in [-0.25, -0.2) is 10.4 Å². The van der Waals surface area contributed by atoms with Crippen LogP contribution in [0.5, 0.6) is 0 Å². The highest BCUT2D eigenvalue weighted by Gasteiger charge is 2.45. The summed E-state index contributed by atoms with van der Waals surface area (Å²) < 4.78 is 6.77. The van der Waals surface area contributed by atoms with Crippen LogP contribution in [-0.4, -0.2) is 84.0 Å². The van der Waals surface area contributed by atoms with Gasteiger partial charge in [-0.3, -0.25) is 24.5 Å². The van der Waals surface area contributed by atoms with Crippen LogP contribution < -0.4 is 21.6 Å². The summed E-state index contributed by atoms with van der Waals surface area (Å²) in [6, 6.07) is 4.67. The summed E-state index contributed by atoms with van der Waals surface area (Å²) in [5, 5.41) is 45.9. The standard InChI is InChI=1S/C21H27N9O7/c1-3-28(4-2)11-6-5-10(7-12(11)30(35)36)8-23-27-21-24-14-17(25-20(22)26-18(14)34)29(21)19-16(33)15(32)13(9-31)37-19/h5-8,13,15-16,19,31-33H,3-4,9H2,1-2H3,(H,24,27)(H3,22,25,26,34). The number of imidazole rings is 1. The minimum atomic E-state index is -1.50. The lowest BCUT2D eigenvalue weighted by Crippen LogP contribution is -2.33. The molecule has 3 aromatic rings. The zero-order valence-electron chi connectivity index (χ0n) is 20.0. The van der Waals surface area contributed by atoms with Crippen molar-refractivity contribution in [2.75, 3.05) is 35.8 Å². The van der Waals surface area contributed by atoms with Gasteiger partial charge in [0.05, 0.1) is 17.7 Å². The summed E-state index contributed by atoms with van der Waals surface area (Å²) in [4.78, 5) is 36.0. The quantitative estimate of drug-likeness (QED) is 0.120. The van der Waals surface area contributed by atoms with Crippen LogP contribution in [0.2, 0.25) is 0 Å². The second kappa shape index (κ2) is 10.5. The number of aromatic nitrogens is 4. The van der Waals surface area contributed by atoms with Gasteiger partial charge in [0.2, 0.25) is 11.9 Å². The van der Waals surface area contributed by atoms with E-state index in [0.717, 1.165) is 0 Å². The van der Waals surface area contributed by atoms with E-state index in [-0.39, 0.29) is 28.7 Å². The largest absolute Gasteiger partial charge is 0.394 e. The van der Waals surface area contributed by atoms with Crippen LogP contribution in [0.3, 0.4) is 0 Å². The van der Waals surface area contributed by atoms with Crippen LogP contribution in [0.1, 0.15) is 25.6 Å². The average molecular weight is 518 g/mol. The van der Waals surface area contributed by atoms with Crippen LogP contribution in [0.25, 0.3) is 11.2 Å². The number of anilines is 3. The number of ether oxygens (including phenoxy) is 1. The number of aliphatic hydroxyl groups excluding tert-OH is 3. The minimum absolute atomic E-state index is 0.0620. The number of hydrazone groups is 1. The number of nitrogens with two attached hydrogens (primary N) is 1. The Kier molecular flexibility index (Phi) is 7.35. The SMILES string of the molecule is CCN(CC)c1ccc(C=NNc2nc3c(=O)[nH]c(N)nc3n2C2OC(CO)C(O)C2O)cc1[N+](=O)[O-]. The maximum Gasteiger partial charge on any atom is 0.293 e. The van der Waals surface area contributed by atoms with Crippen LogP contribution in [-0.2, 0) is 4.74 Å². The van der Waals surface area contributed by atoms with Crippen molar-refractivity contribution in [1.29, 1.82) is 0 Å². The third-order valence-corrected chi connectivity index (χ3v) is 6.02. The molecule has 3 heterocycles. The Hall–Kier alpha value is -4.12. The average Bonchev–Trinajstić information content (AvgIpc) is 3.36. The summed E-state index contributed by atoms with van der Waals surface area (Å²) in [6.45, 7) is 4.43. The molecular formula is C21H27N9O7. The van der Waals surface area contributed by atoms with Gasteiger partial charge < -0.3 is 30.7 Å². The molecule has 1 aliphatic heterocycles. The molecule has 37 heavy (non-hydrogen) atoms. The Morgan fingerprint density at radius 1 is 1.32 bits per heavy atom. The number of hydrogen-bond donors (Lipinski definition) is 6. The molecule has 1 aliphatic rings. The molecule has 1 aromatic carbocycles. The lowest BCUT2D eigenvalue weighted by Gasteiger charge is -2.20. The molecule has 16 nitrogen and oxygen atoms in total. The van der Waals surface area contributed by atoms with E-state index in [4.69, 9.17) is 10.5 Å². The molecule has 4 atom stereocenters. The maximum absolute atomic E-state index is 12.4. The number of aromatic amines is 1. The van der Waals surface area contributed by atoms with Crippen molar-refractivity contribution in [3.8, 4) is 0 Å². The fourth-order valence-electron chi connectivity index (χ4n) is 4.18. The molecule has 0 aliphatic carbocycles. The number of nitrogens with one attached hydrogen (secondary N) is 2. The highest BCUT2D eigenvalue weighted by molar-refractivity contribution is 5.84. The number of hydrogen-bond acceptors (Lipinski definition) is 13. The first kappa shape index (κ1) is 26.0. The van der Waals surface area contributed by atoms with Crippen LogP contribution in [0.4, 0.5) is 23.3 Å². The van der Waals surface area contributed by atoms with E-state index in [1.807, 2.05) is 18.7 Å². The second-order valence-electron chi connectivity index (χ2n) is 8.21. The minimum Gasteiger partial charge on any atom is -0.394 e. The van der Waals surface area contributed by atoms with E-state index in [2.05, 4.69) is 25.5 Å². The van der Waals surface area contributed by atoms with Gasteiger partial charge in [-0.2, -0.15) is 10.1 Å². The predicted octanol–water partition coefficient (Wildman–Crippen LogP) is -0.486. The number of H-pyrrole nitrogens is 1. The monoisotopic (exact) mass is 517 g/mol. The highest BCUT2D eigenvalue weighted by Crippen LogP contribution is 2.34. The third kappa shape index (κ3) is 4.82. The number of nitro groups is 1. The normalized spacial score (nSPS) is 21.6.